The van der Waals surface area contributed by atoms with Crippen LogP contribution in [0.4, 0.5) is 0 Å². The number of rotatable bonds is 4. The number of carboxylic acids is 1. The first kappa shape index (κ1) is 19.4. The molecule has 0 rings (SSSR count). The number of carbonyl (C=O) groups excluding carboxylic acids is 2. The van der Waals surface area contributed by atoms with Crippen molar-refractivity contribution in [1.29, 1.82) is 0 Å². The van der Waals surface area contributed by atoms with E-state index in [1.165, 1.54) is 0 Å². The number of aliphatic carboxylic acids is 1. The molecule has 0 aromatic heterocycles. The van der Waals surface area contributed by atoms with Crippen LogP contribution in [-0.4, -0.2) is 18.4 Å². The number of carboxylic acid groups (broad SMARTS) is 1. The third-order valence-electron chi connectivity index (χ3n) is 1.17. The summed E-state index contributed by atoms with van der Waals surface area (Å²) in [5.74, 6) is -3.31. The Morgan fingerprint density at radius 1 is 1.38 bits per heavy atom. The van der Waals surface area contributed by atoms with Crippen molar-refractivity contribution in [3.05, 3.63) is 5.21 Å². The van der Waals surface area contributed by atoms with Crippen molar-refractivity contribution in [2.75, 3.05) is 6.54 Å². The molecule has 0 fully saturated rings. The number of amides is 1. The van der Waals surface area contributed by atoms with Crippen molar-refractivity contribution >= 4 is 11.9 Å². The average Bonchev–Trinajstić information content (AvgIpc) is 1.98. The Morgan fingerprint density at radius 2 is 1.85 bits per heavy atom. The van der Waals surface area contributed by atoms with Gasteiger partial charge in [-0.3, -0.25) is 4.79 Å². The van der Waals surface area contributed by atoms with Crippen LogP contribution >= 0.6 is 0 Å². The van der Waals surface area contributed by atoms with Gasteiger partial charge in [-0.15, -0.1) is 0 Å². The van der Waals surface area contributed by atoms with E-state index in [1.54, 1.807) is 0 Å². The van der Waals surface area contributed by atoms with Crippen LogP contribution in [0.2, 0.25) is 0 Å². The zero-order valence-corrected chi connectivity index (χ0v) is 11.7. The molecule has 0 aliphatic carbocycles. The summed E-state index contributed by atoms with van der Waals surface area (Å²) in [6.07, 6.45) is -0.523. The van der Waals surface area contributed by atoms with Crippen LogP contribution in [-0.2, 0) is 9.59 Å². The largest absolute Gasteiger partial charge is 1.00 e. The molecular weight excluding hydrogens is 198 g/mol. The summed E-state index contributed by atoms with van der Waals surface area (Å²) in [7, 11) is 0. The first-order valence-corrected chi connectivity index (χ1v) is 2.93. The van der Waals surface area contributed by atoms with Gasteiger partial charge < -0.3 is 26.3 Å². The third-order valence-corrected chi connectivity index (χ3v) is 1.17. The summed E-state index contributed by atoms with van der Waals surface area (Å²) in [4.78, 5) is 20.4. The van der Waals surface area contributed by atoms with E-state index >= 15 is 0 Å². The quantitative estimate of drug-likeness (QED) is 0.349. The molecule has 8 heteroatoms. The molecule has 0 aromatic rings. The molecule has 0 aliphatic heterocycles. The topological polar surface area (TPSA) is 118 Å². The van der Waals surface area contributed by atoms with Crippen molar-refractivity contribution in [3.8, 4) is 0 Å². The monoisotopic (exact) mass is 206 g/mol. The van der Waals surface area contributed by atoms with Gasteiger partial charge >= 0.3 is 59.1 Å². The van der Waals surface area contributed by atoms with E-state index in [1.807, 2.05) is 0 Å². The zero-order chi connectivity index (χ0) is 8.85. The first-order chi connectivity index (χ1) is 5.11. The standard InChI is InChI=1S/C5H9N2O4.2Na/c6-2-3(1-4(8)9)5(10)7-11;;/h3H,1-2,6H2,(H2-,7,8,9,10,11);;/q-1;2*+1/p-1. The summed E-state index contributed by atoms with van der Waals surface area (Å²) in [5, 5.41) is 19.7. The summed E-state index contributed by atoms with van der Waals surface area (Å²) < 4.78 is 0. The smallest absolute Gasteiger partial charge is 0.759 e. The van der Waals surface area contributed by atoms with Gasteiger partial charge in [0.1, 0.15) is 0 Å². The van der Waals surface area contributed by atoms with Crippen LogP contribution < -0.4 is 75.4 Å². The van der Waals surface area contributed by atoms with Gasteiger partial charge in [0.15, 0.2) is 0 Å². The van der Waals surface area contributed by atoms with Gasteiger partial charge in [0.05, 0.1) is 5.92 Å². The molecule has 0 radical (unpaired) electrons. The van der Waals surface area contributed by atoms with E-state index in [2.05, 4.69) is 0 Å². The minimum Gasteiger partial charge on any atom is -0.759 e. The van der Waals surface area contributed by atoms with Gasteiger partial charge in [-0.1, -0.05) is 0 Å². The molecule has 0 bridgehead atoms. The molecule has 0 spiro atoms. The predicted octanol–water partition coefficient (Wildman–Crippen LogP) is -8.68. The molecule has 13 heavy (non-hydrogen) atoms. The summed E-state index contributed by atoms with van der Waals surface area (Å²) in [6.45, 7) is -0.179. The Hall–Kier alpha value is 0.860. The van der Waals surface area contributed by atoms with Gasteiger partial charge in [-0.25, -0.2) is 0 Å². The number of hydrogen-bond acceptors (Lipinski definition) is 5. The fourth-order valence-electron chi connectivity index (χ4n) is 0.568. The molecule has 1 atom stereocenters. The molecule has 0 heterocycles. The summed E-state index contributed by atoms with van der Waals surface area (Å²) in [6, 6.07) is 0. The minimum absolute atomic E-state index is 0. The van der Waals surface area contributed by atoms with E-state index in [0.717, 1.165) is 5.48 Å². The molecule has 3 N–H and O–H groups in total. The number of nitrogens with two attached hydrogens (primary N) is 1. The summed E-state index contributed by atoms with van der Waals surface area (Å²) in [5.41, 5.74) is 6.07. The first-order valence-electron chi connectivity index (χ1n) is 2.93. The van der Waals surface area contributed by atoms with Gasteiger partial charge in [-0.2, -0.15) is 0 Å². The molecule has 0 aromatic carbocycles. The number of nitrogens with one attached hydrogen (secondary N) is 1. The molecule has 1 unspecified atom stereocenters. The van der Waals surface area contributed by atoms with Gasteiger partial charge in [0.25, 0.3) is 0 Å². The normalized spacial score (nSPS) is 10.3. The zero-order valence-electron chi connectivity index (χ0n) is 7.70. The predicted molar refractivity (Wildman–Crippen MR) is 33.7 cm³/mol. The molecule has 6 nitrogen and oxygen atoms in total. The van der Waals surface area contributed by atoms with Crippen molar-refractivity contribution in [3.63, 3.8) is 0 Å². The van der Waals surface area contributed by atoms with E-state index in [4.69, 9.17) is 5.73 Å². The Bertz CT molecular complexity index is 167. The maximum absolute atomic E-state index is 10.5. The Morgan fingerprint density at radius 3 is 2.08 bits per heavy atom. The number of hydrogen-bond donors (Lipinski definition) is 2. The fourth-order valence-corrected chi connectivity index (χ4v) is 0.568. The Labute approximate surface area is 120 Å². The molecule has 0 aliphatic rings. The summed E-state index contributed by atoms with van der Waals surface area (Å²) >= 11 is 0. The second-order valence-corrected chi connectivity index (χ2v) is 1.98. The Kier molecular flexibility index (Phi) is 16.4. The van der Waals surface area contributed by atoms with Crippen molar-refractivity contribution in [2.24, 2.45) is 11.7 Å². The molecule has 1 amide bonds. The van der Waals surface area contributed by atoms with E-state index in [9.17, 15) is 19.9 Å². The average molecular weight is 206 g/mol. The van der Waals surface area contributed by atoms with E-state index in [-0.39, 0.29) is 65.7 Å². The second-order valence-electron chi connectivity index (χ2n) is 1.98. The van der Waals surface area contributed by atoms with Crippen LogP contribution in [0, 0.1) is 11.1 Å². The number of carbonyl (C=O) groups is 2. The molecule has 64 valence electrons. The van der Waals surface area contributed by atoms with Crippen LogP contribution in [0.5, 0.6) is 0 Å². The van der Waals surface area contributed by atoms with Crippen molar-refractivity contribution in [2.45, 2.75) is 6.42 Å². The Balaban J connectivity index is -0.000000500. The van der Waals surface area contributed by atoms with Crippen LogP contribution in [0.25, 0.3) is 0 Å². The number of hydroxylamine groups is 1. The second kappa shape index (κ2) is 10.9. The molecule has 0 saturated carbocycles. The van der Waals surface area contributed by atoms with Crippen LogP contribution in [0.1, 0.15) is 6.42 Å². The van der Waals surface area contributed by atoms with Gasteiger partial charge in [0.2, 0.25) is 5.91 Å². The minimum atomic E-state index is -1.40. The fraction of sp³-hybridized carbons (Fsp3) is 0.600. The van der Waals surface area contributed by atoms with Crippen molar-refractivity contribution < 1.29 is 73.8 Å². The maximum Gasteiger partial charge on any atom is 1.00 e. The molecular formula is C5H8N2Na2O4. The van der Waals surface area contributed by atoms with Crippen LogP contribution in [0.3, 0.4) is 0 Å². The van der Waals surface area contributed by atoms with Gasteiger partial charge in [0, 0.05) is 12.5 Å². The molecule has 0 saturated heterocycles. The maximum atomic E-state index is 10.5. The van der Waals surface area contributed by atoms with Crippen LogP contribution in [0.15, 0.2) is 0 Å². The van der Waals surface area contributed by atoms with Crippen molar-refractivity contribution in [1.82, 2.24) is 5.48 Å². The third kappa shape index (κ3) is 9.17. The van der Waals surface area contributed by atoms with E-state index in [0.29, 0.717) is 0 Å². The SMILES string of the molecule is NCC(CC(=O)[O-])C(=O)N[O-].[Na+].[Na+]. The van der Waals surface area contributed by atoms with E-state index < -0.39 is 24.2 Å². The van der Waals surface area contributed by atoms with Gasteiger partial charge in [-0.05, 0) is 6.42 Å².